The van der Waals surface area contributed by atoms with Crippen molar-refractivity contribution < 1.29 is 27.1 Å². The highest BCUT2D eigenvalue weighted by Crippen LogP contribution is 2.24. The van der Waals surface area contributed by atoms with Crippen molar-refractivity contribution in [2.75, 3.05) is 0 Å². The molecule has 0 saturated carbocycles. The lowest BCUT2D eigenvalue weighted by Crippen LogP contribution is -2.17. The van der Waals surface area contributed by atoms with Crippen LogP contribution in [-0.2, 0) is 0 Å². The summed E-state index contributed by atoms with van der Waals surface area (Å²) in [5.41, 5.74) is 0.379. The Labute approximate surface area is 106 Å². The Bertz CT molecular complexity index is 599. The molecule has 3 nitrogen and oxygen atoms in total. The van der Waals surface area contributed by atoms with Crippen LogP contribution >= 0.6 is 0 Å². The van der Waals surface area contributed by atoms with Gasteiger partial charge in [-0.05, 0) is 25.1 Å². The van der Waals surface area contributed by atoms with Crippen molar-refractivity contribution in [1.82, 2.24) is 0 Å². The van der Waals surface area contributed by atoms with Crippen molar-refractivity contribution in [3.05, 3.63) is 53.5 Å². The molecule has 0 unspecified atom stereocenters. The fraction of sp³-hybridized carbons (Fsp3) is 0.154. The predicted octanol–water partition coefficient (Wildman–Crippen LogP) is 3.72. The second kappa shape index (κ2) is 4.79. The van der Waals surface area contributed by atoms with E-state index >= 15 is 0 Å². The van der Waals surface area contributed by atoms with E-state index in [-0.39, 0.29) is 11.1 Å². The van der Waals surface area contributed by atoms with Gasteiger partial charge in [-0.3, -0.25) is 4.79 Å². The minimum Gasteiger partial charge on any atom is -0.469 e. The monoisotopic (exact) mass is 270 g/mol. The number of hydrogen-bond acceptors (Lipinski definition) is 3. The van der Waals surface area contributed by atoms with E-state index in [0.717, 1.165) is 12.1 Å². The average Bonchev–Trinajstić information content (AvgIpc) is 2.73. The minimum absolute atomic E-state index is 0.0996. The highest BCUT2D eigenvalue weighted by molar-refractivity contribution is 6.09. The Hall–Kier alpha value is -2.24. The summed E-state index contributed by atoms with van der Waals surface area (Å²) in [7, 11) is 0. The topological polar surface area (TPSA) is 39.4 Å². The van der Waals surface area contributed by atoms with E-state index in [2.05, 4.69) is 4.74 Å². The maximum atomic E-state index is 12.1. The van der Waals surface area contributed by atoms with E-state index in [0.29, 0.717) is 5.76 Å². The van der Waals surface area contributed by atoms with Gasteiger partial charge in [-0.25, -0.2) is 0 Å². The molecule has 1 heterocycles. The van der Waals surface area contributed by atoms with Crippen molar-refractivity contribution in [2.24, 2.45) is 0 Å². The van der Waals surface area contributed by atoms with Gasteiger partial charge in [0.15, 0.2) is 5.78 Å². The number of carbonyl (C=O) groups excluding carboxylic acids is 1. The Morgan fingerprint density at radius 3 is 2.53 bits per heavy atom. The highest BCUT2D eigenvalue weighted by Gasteiger charge is 2.31. The van der Waals surface area contributed by atoms with Crippen LogP contribution in [-0.4, -0.2) is 12.1 Å². The Morgan fingerprint density at radius 2 is 1.95 bits per heavy atom. The van der Waals surface area contributed by atoms with Crippen LogP contribution < -0.4 is 4.74 Å². The van der Waals surface area contributed by atoms with Gasteiger partial charge in [-0.15, -0.1) is 13.2 Å². The molecule has 0 saturated heterocycles. The molecule has 0 atom stereocenters. The van der Waals surface area contributed by atoms with Crippen molar-refractivity contribution in [2.45, 2.75) is 13.3 Å². The standard InChI is InChI=1S/C13H9F3O3/c1-8-5-10(7-18-8)12(17)9-3-2-4-11(6-9)19-13(14,15)16/h2-7H,1H3. The van der Waals surface area contributed by atoms with Gasteiger partial charge in [0.1, 0.15) is 17.8 Å². The summed E-state index contributed by atoms with van der Waals surface area (Å²) in [5, 5.41) is 0. The molecule has 0 aliphatic heterocycles. The smallest absolute Gasteiger partial charge is 0.469 e. The number of alkyl halides is 3. The lowest BCUT2D eigenvalue weighted by Gasteiger charge is -2.09. The third-order valence-corrected chi connectivity index (χ3v) is 2.32. The zero-order valence-electron chi connectivity index (χ0n) is 9.82. The molecule has 0 aliphatic carbocycles. The van der Waals surface area contributed by atoms with Crippen molar-refractivity contribution >= 4 is 5.78 Å². The SMILES string of the molecule is Cc1cc(C(=O)c2cccc(OC(F)(F)F)c2)co1. The van der Waals surface area contributed by atoms with Gasteiger partial charge in [0.05, 0.1) is 5.56 Å². The maximum absolute atomic E-state index is 12.1. The first-order valence-electron chi connectivity index (χ1n) is 5.31. The van der Waals surface area contributed by atoms with Crippen LogP contribution in [0, 0.1) is 6.92 Å². The van der Waals surface area contributed by atoms with Crippen LogP contribution in [0.25, 0.3) is 0 Å². The van der Waals surface area contributed by atoms with E-state index in [4.69, 9.17) is 4.42 Å². The molecule has 1 aromatic heterocycles. The number of benzene rings is 1. The lowest BCUT2D eigenvalue weighted by atomic mass is 10.1. The summed E-state index contributed by atoms with van der Waals surface area (Å²) < 4.78 is 45.0. The number of hydrogen-bond donors (Lipinski definition) is 0. The highest BCUT2D eigenvalue weighted by atomic mass is 19.4. The number of halogens is 3. The van der Waals surface area contributed by atoms with Gasteiger partial charge in [-0.1, -0.05) is 12.1 Å². The molecule has 2 aromatic rings. The van der Waals surface area contributed by atoms with E-state index in [1.807, 2.05) is 0 Å². The molecule has 2 rings (SSSR count). The maximum Gasteiger partial charge on any atom is 0.573 e. The Kier molecular flexibility index (Phi) is 3.33. The van der Waals surface area contributed by atoms with Crippen molar-refractivity contribution in [3.8, 4) is 5.75 Å². The molecule has 0 aliphatic rings. The van der Waals surface area contributed by atoms with E-state index in [1.54, 1.807) is 6.92 Å². The van der Waals surface area contributed by atoms with Crippen LogP contribution in [0.5, 0.6) is 5.75 Å². The number of aryl methyl sites for hydroxylation is 1. The van der Waals surface area contributed by atoms with Gasteiger partial charge in [0.25, 0.3) is 0 Å². The predicted molar refractivity (Wildman–Crippen MR) is 60.0 cm³/mol. The number of carbonyl (C=O) groups is 1. The van der Waals surface area contributed by atoms with Crippen LogP contribution in [0.1, 0.15) is 21.7 Å². The van der Waals surface area contributed by atoms with Crippen LogP contribution in [0.4, 0.5) is 13.2 Å². The van der Waals surface area contributed by atoms with Gasteiger partial charge in [-0.2, -0.15) is 0 Å². The molecule has 0 N–H and O–H groups in total. The molecule has 100 valence electrons. The van der Waals surface area contributed by atoms with Gasteiger partial charge in [0.2, 0.25) is 0 Å². The molecule has 0 radical (unpaired) electrons. The van der Waals surface area contributed by atoms with Gasteiger partial charge in [0, 0.05) is 5.56 Å². The fourth-order valence-electron chi connectivity index (χ4n) is 1.56. The molecular formula is C13H9F3O3. The second-order valence-electron chi connectivity index (χ2n) is 3.85. The van der Waals surface area contributed by atoms with Crippen molar-refractivity contribution in [3.63, 3.8) is 0 Å². The summed E-state index contributed by atoms with van der Waals surface area (Å²) in [6, 6.07) is 6.41. The summed E-state index contributed by atoms with van der Waals surface area (Å²) >= 11 is 0. The third kappa shape index (κ3) is 3.37. The first-order valence-corrected chi connectivity index (χ1v) is 5.31. The van der Waals surface area contributed by atoms with Crippen molar-refractivity contribution in [1.29, 1.82) is 0 Å². The average molecular weight is 270 g/mol. The normalized spacial score (nSPS) is 11.4. The molecule has 6 heteroatoms. The minimum atomic E-state index is -4.78. The number of furan rings is 1. The summed E-state index contributed by atoms with van der Waals surface area (Å²) in [6.45, 7) is 1.67. The summed E-state index contributed by atoms with van der Waals surface area (Å²) in [5.74, 6) is -0.311. The largest absolute Gasteiger partial charge is 0.573 e. The fourth-order valence-corrected chi connectivity index (χ4v) is 1.56. The molecular weight excluding hydrogens is 261 g/mol. The molecule has 0 amide bonds. The zero-order chi connectivity index (χ0) is 14.0. The van der Waals surface area contributed by atoms with E-state index < -0.39 is 17.9 Å². The molecule has 19 heavy (non-hydrogen) atoms. The lowest BCUT2D eigenvalue weighted by molar-refractivity contribution is -0.274. The quantitative estimate of drug-likeness (QED) is 0.798. The molecule has 1 aromatic carbocycles. The number of ether oxygens (including phenoxy) is 1. The molecule has 0 spiro atoms. The Balaban J connectivity index is 2.26. The Morgan fingerprint density at radius 1 is 1.21 bits per heavy atom. The third-order valence-electron chi connectivity index (χ3n) is 2.32. The van der Waals surface area contributed by atoms with Crippen LogP contribution in [0.3, 0.4) is 0 Å². The van der Waals surface area contributed by atoms with E-state index in [1.165, 1.54) is 24.5 Å². The zero-order valence-corrected chi connectivity index (χ0v) is 9.82. The number of ketones is 1. The van der Waals surface area contributed by atoms with E-state index in [9.17, 15) is 18.0 Å². The summed E-state index contributed by atoms with van der Waals surface area (Å²) in [4.78, 5) is 12.0. The van der Waals surface area contributed by atoms with Gasteiger partial charge >= 0.3 is 6.36 Å². The first kappa shape index (κ1) is 13.2. The molecule has 0 bridgehead atoms. The summed E-state index contributed by atoms with van der Waals surface area (Å²) in [6.07, 6.45) is -3.52. The number of rotatable bonds is 3. The van der Waals surface area contributed by atoms with Crippen LogP contribution in [0.15, 0.2) is 41.0 Å². The second-order valence-corrected chi connectivity index (χ2v) is 3.85. The van der Waals surface area contributed by atoms with Crippen LogP contribution in [0.2, 0.25) is 0 Å². The van der Waals surface area contributed by atoms with Gasteiger partial charge < -0.3 is 9.15 Å². The first-order chi connectivity index (χ1) is 8.85. The molecule has 0 fully saturated rings.